The van der Waals surface area contributed by atoms with Crippen molar-refractivity contribution in [2.45, 2.75) is 26.8 Å². The molecule has 0 unspecified atom stereocenters. The average molecular weight is 453 g/mol. The summed E-state index contributed by atoms with van der Waals surface area (Å²) in [6.45, 7) is 6.24. The van der Waals surface area contributed by atoms with Crippen LogP contribution in [0.5, 0.6) is 0 Å². The predicted octanol–water partition coefficient (Wildman–Crippen LogP) is 5.96. The van der Waals surface area contributed by atoms with Crippen LogP contribution in [-0.2, 0) is 0 Å². The summed E-state index contributed by atoms with van der Waals surface area (Å²) in [6, 6.07) is 16.7. The molecule has 4 aromatic rings. The molecule has 0 spiro atoms. The summed E-state index contributed by atoms with van der Waals surface area (Å²) in [6.07, 6.45) is 1.93. The minimum atomic E-state index is 0.196. The van der Waals surface area contributed by atoms with E-state index in [4.69, 9.17) is 10.1 Å². The summed E-state index contributed by atoms with van der Waals surface area (Å²) >= 11 is 5.27. The molecule has 0 radical (unpaired) electrons. The quantitative estimate of drug-likeness (QED) is 0.371. The Balaban J connectivity index is 1.89. The fourth-order valence-corrected chi connectivity index (χ4v) is 4.60. The molecule has 0 amide bonds. The van der Waals surface area contributed by atoms with Crippen LogP contribution < -0.4 is 4.80 Å². The zero-order chi connectivity index (χ0) is 19.7. The van der Waals surface area contributed by atoms with Crippen LogP contribution in [0.2, 0.25) is 0 Å². The fraction of sp³-hybridized carbons (Fsp3) is 0.182. The van der Waals surface area contributed by atoms with E-state index in [1.807, 2.05) is 35.2 Å². The maximum atomic E-state index is 4.86. The van der Waals surface area contributed by atoms with Crippen LogP contribution in [0.3, 0.4) is 0 Å². The molecule has 6 heteroatoms. The van der Waals surface area contributed by atoms with E-state index in [0.29, 0.717) is 0 Å². The molecule has 142 valence electrons. The molecule has 0 fully saturated rings. The van der Waals surface area contributed by atoms with Crippen molar-refractivity contribution in [2.75, 3.05) is 0 Å². The van der Waals surface area contributed by atoms with Gasteiger partial charge in [0.2, 0.25) is 4.80 Å². The number of aryl methyl sites for hydroxylation is 1. The van der Waals surface area contributed by atoms with Gasteiger partial charge in [-0.1, -0.05) is 52.3 Å². The van der Waals surface area contributed by atoms with Crippen molar-refractivity contribution in [3.05, 3.63) is 74.4 Å². The smallest absolute Gasteiger partial charge is 0.206 e. The van der Waals surface area contributed by atoms with Gasteiger partial charge in [0.25, 0.3) is 0 Å². The molecule has 0 aliphatic heterocycles. The third kappa shape index (κ3) is 3.62. The Hall–Kier alpha value is -2.44. The molecule has 2 aromatic heterocycles. The number of H-pyrrole nitrogens is 1. The van der Waals surface area contributed by atoms with E-state index in [9.17, 15) is 0 Å². The van der Waals surface area contributed by atoms with Gasteiger partial charge in [-0.2, -0.15) is 5.10 Å². The number of hydrogen-bond acceptors (Lipinski definition) is 3. The first-order valence-electron chi connectivity index (χ1n) is 9.15. The molecule has 2 heterocycles. The second-order valence-corrected chi connectivity index (χ2v) is 8.56. The van der Waals surface area contributed by atoms with Crippen molar-refractivity contribution in [2.24, 2.45) is 10.1 Å². The molecule has 0 saturated carbocycles. The van der Waals surface area contributed by atoms with E-state index in [1.54, 1.807) is 11.3 Å². The lowest BCUT2D eigenvalue weighted by Gasteiger charge is -2.06. The fourth-order valence-electron chi connectivity index (χ4n) is 3.16. The largest absolute Gasteiger partial charge is 0.358 e. The molecule has 0 aliphatic carbocycles. The Bertz CT molecular complexity index is 1230. The lowest BCUT2D eigenvalue weighted by atomic mass is 10.1. The number of aromatic amines is 1. The van der Waals surface area contributed by atoms with Gasteiger partial charge in [0.05, 0.1) is 11.9 Å². The lowest BCUT2D eigenvalue weighted by Crippen LogP contribution is -2.14. The highest BCUT2D eigenvalue weighted by Crippen LogP contribution is 2.28. The molecule has 1 N–H and O–H groups in total. The highest BCUT2D eigenvalue weighted by atomic mass is 79.9. The van der Waals surface area contributed by atoms with Gasteiger partial charge in [-0.3, -0.25) is 4.99 Å². The third-order valence-corrected chi connectivity index (χ3v) is 5.97. The Morgan fingerprint density at radius 3 is 2.64 bits per heavy atom. The van der Waals surface area contributed by atoms with Crippen LogP contribution in [0.25, 0.3) is 22.2 Å². The van der Waals surface area contributed by atoms with Gasteiger partial charge in [-0.25, -0.2) is 4.68 Å². The summed E-state index contributed by atoms with van der Waals surface area (Å²) in [5.74, 6) is 0. The molecule has 0 aliphatic rings. The van der Waals surface area contributed by atoms with Crippen molar-refractivity contribution in [3.8, 4) is 11.3 Å². The van der Waals surface area contributed by atoms with Crippen molar-refractivity contribution < 1.29 is 0 Å². The van der Waals surface area contributed by atoms with Crippen LogP contribution in [0.1, 0.15) is 25.1 Å². The second-order valence-electron chi connectivity index (χ2n) is 6.87. The number of hydrogen-bond donors (Lipinski definition) is 1. The van der Waals surface area contributed by atoms with E-state index in [1.165, 1.54) is 5.39 Å². The topological polar surface area (TPSA) is 45.4 Å². The summed E-state index contributed by atoms with van der Waals surface area (Å²) in [5, 5.41) is 8.14. The molecule has 0 saturated heterocycles. The highest BCUT2D eigenvalue weighted by Gasteiger charge is 2.11. The SMILES string of the molecule is Cc1[nH]c2ccccc2c1C=Nn1c(-c2ccccc2Br)csc1=NC(C)C. The van der Waals surface area contributed by atoms with Gasteiger partial charge in [0.15, 0.2) is 0 Å². The number of rotatable bonds is 4. The molecular weight excluding hydrogens is 432 g/mol. The van der Waals surface area contributed by atoms with Crippen LogP contribution in [0.4, 0.5) is 0 Å². The third-order valence-electron chi connectivity index (χ3n) is 4.45. The number of para-hydroxylation sites is 1. The summed E-state index contributed by atoms with van der Waals surface area (Å²) in [5.41, 5.74) is 5.44. The Morgan fingerprint density at radius 1 is 1.11 bits per heavy atom. The molecule has 0 bridgehead atoms. The Morgan fingerprint density at radius 2 is 1.86 bits per heavy atom. The van der Waals surface area contributed by atoms with Gasteiger partial charge in [0, 0.05) is 43.6 Å². The van der Waals surface area contributed by atoms with E-state index in [2.05, 4.69) is 71.3 Å². The van der Waals surface area contributed by atoms with E-state index in [0.717, 1.165) is 37.3 Å². The average Bonchev–Trinajstić information content (AvgIpc) is 3.20. The van der Waals surface area contributed by atoms with Gasteiger partial charge >= 0.3 is 0 Å². The Labute approximate surface area is 176 Å². The predicted molar refractivity (Wildman–Crippen MR) is 122 cm³/mol. The van der Waals surface area contributed by atoms with E-state index in [-0.39, 0.29) is 6.04 Å². The number of nitrogens with zero attached hydrogens (tertiary/aromatic N) is 3. The Kier molecular flexibility index (Phi) is 5.33. The van der Waals surface area contributed by atoms with E-state index < -0.39 is 0 Å². The van der Waals surface area contributed by atoms with Crippen LogP contribution in [-0.4, -0.2) is 21.9 Å². The van der Waals surface area contributed by atoms with Crippen molar-refractivity contribution >= 4 is 44.4 Å². The number of aromatic nitrogens is 2. The molecule has 0 atom stereocenters. The summed E-state index contributed by atoms with van der Waals surface area (Å²) in [4.78, 5) is 9.08. The maximum Gasteiger partial charge on any atom is 0.206 e. The number of halogens is 1. The van der Waals surface area contributed by atoms with Crippen molar-refractivity contribution in [1.82, 2.24) is 9.66 Å². The van der Waals surface area contributed by atoms with Gasteiger partial charge in [-0.15, -0.1) is 11.3 Å². The van der Waals surface area contributed by atoms with Gasteiger partial charge in [-0.05, 0) is 32.9 Å². The lowest BCUT2D eigenvalue weighted by molar-refractivity contribution is 0.754. The standard InChI is InChI=1S/C22H21BrN4S/c1-14(2)25-22-27(21(13-28-22)17-9-4-6-10-19(17)23)24-12-18-15(3)26-20-11-7-5-8-16(18)20/h4-14,26H,1-3H3. The number of fused-ring (bicyclic) bond motifs is 1. The number of nitrogens with one attached hydrogen (secondary N) is 1. The highest BCUT2D eigenvalue weighted by molar-refractivity contribution is 9.10. The van der Waals surface area contributed by atoms with E-state index >= 15 is 0 Å². The van der Waals surface area contributed by atoms with Gasteiger partial charge in [0.1, 0.15) is 0 Å². The summed E-state index contributed by atoms with van der Waals surface area (Å²) in [7, 11) is 0. The molecular formula is C22H21BrN4S. The second kappa shape index (κ2) is 7.89. The minimum Gasteiger partial charge on any atom is -0.358 e. The van der Waals surface area contributed by atoms with Gasteiger partial charge < -0.3 is 4.98 Å². The summed E-state index contributed by atoms with van der Waals surface area (Å²) < 4.78 is 2.97. The maximum absolute atomic E-state index is 4.86. The van der Waals surface area contributed by atoms with Crippen LogP contribution in [0, 0.1) is 6.92 Å². The monoisotopic (exact) mass is 452 g/mol. The molecule has 2 aromatic carbocycles. The van der Waals surface area contributed by atoms with Crippen molar-refractivity contribution in [1.29, 1.82) is 0 Å². The molecule has 28 heavy (non-hydrogen) atoms. The minimum absolute atomic E-state index is 0.196. The normalized spacial score (nSPS) is 12.7. The zero-order valence-corrected chi connectivity index (χ0v) is 18.4. The molecule has 4 nitrogen and oxygen atoms in total. The van der Waals surface area contributed by atoms with Crippen molar-refractivity contribution in [3.63, 3.8) is 0 Å². The zero-order valence-electron chi connectivity index (χ0n) is 16.0. The number of thiazole rings is 1. The molecule has 4 rings (SSSR count). The van der Waals surface area contributed by atoms with Crippen LogP contribution >= 0.6 is 27.3 Å². The first-order valence-corrected chi connectivity index (χ1v) is 10.8. The van der Waals surface area contributed by atoms with Crippen LogP contribution in [0.15, 0.2) is 68.5 Å². The first kappa shape index (κ1) is 18.9. The first-order chi connectivity index (χ1) is 13.5. The number of benzene rings is 2.